The molecule has 0 saturated carbocycles. The number of hydrogen-bond acceptors (Lipinski definition) is 6. The van der Waals surface area contributed by atoms with Crippen LogP contribution in [0.1, 0.15) is 48.8 Å². The van der Waals surface area contributed by atoms with Crippen molar-refractivity contribution in [2.24, 2.45) is 5.41 Å². The van der Waals surface area contributed by atoms with E-state index in [1.165, 1.54) is 0 Å². The molecule has 0 radical (unpaired) electrons. The van der Waals surface area contributed by atoms with Gasteiger partial charge in [-0.2, -0.15) is 23.3 Å². The number of esters is 1. The van der Waals surface area contributed by atoms with Gasteiger partial charge in [0.25, 0.3) is 5.89 Å². The average molecular weight is 448 g/mol. The van der Waals surface area contributed by atoms with Gasteiger partial charge in [0, 0.05) is 16.8 Å². The highest BCUT2D eigenvalue weighted by molar-refractivity contribution is 5.89. The van der Waals surface area contributed by atoms with Gasteiger partial charge in [-0.25, -0.2) is 4.79 Å². The van der Waals surface area contributed by atoms with Crippen molar-refractivity contribution in [1.29, 1.82) is 0 Å². The fourth-order valence-corrected chi connectivity index (χ4v) is 3.88. The number of hydrogen-bond donors (Lipinski definition) is 0. The molecule has 0 aliphatic heterocycles. The minimum atomic E-state index is -4.39. The second-order valence-electron chi connectivity index (χ2n) is 8.61. The fraction of sp³-hybridized carbons (Fsp3) is 0.455. The zero-order chi connectivity index (χ0) is 23.1. The van der Waals surface area contributed by atoms with Crippen molar-refractivity contribution in [3.63, 3.8) is 0 Å². The van der Waals surface area contributed by atoms with E-state index in [4.69, 9.17) is 9.26 Å². The minimum absolute atomic E-state index is 0.0753. The summed E-state index contributed by atoms with van der Waals surface area (Å²) in [6.07, 6.45) is -2.50. The van der Waals surface area contributed by atoms with Crippen molar-refractivity contribution in [2.75, 3.05) is 6.61 Å². The van der Waals surface area contributed by atoms with Crippen LogP contribution in [0.25, 0.3) is 23.0 Å². The van der Waals surface area contributed by atoms with Crippen LogP contribution in [0.15, 0.2) is 28.8 Å². The third-order valence-electron chi connectivity index (χ3n) is 5.48. The van der Waals surface area contributed by atoms with Gasteiger partial charge in [-0.1, -0.05) is 31.1 Å². The number of carbonyl (C=O) groups is 1. The average Bonchev–Trinajstić information content (AvgIpc) is 3.32. The molecular formula is C22H23F3N4O3. The van der Waals surface area contributed by atoms with E-state index < -0.39 is 18.7 Å². The Bertz CT molecular complexity index is 1130. The van der Waals surface area contributed by atoms with Crippen LogP contribution in [-0.4, -0.2) is 38.7 Å². The van der Waals surface area contributed by atoms with Crippen molar-refractivity contribution in [3.8, 4) is 23.0 Å². The molecule has 1 aliphatic carbocycles. The summed E-state index contributed by atoms with van der Waals surface area (Å²) < 4.78 is 50.8. The number of nitrogens with zero attached hydrogens (tertiary/aromatic N) is 4. The maximum Gasteiger partial charge on any atom is 0.408 e. The number of ether oxygens (including phenoxy) is 1. The Morgan fingerprint density at radius 2 is 1.97 bits per heavy atom. The van der Waals surface area contributed by atoms with Crippen molar-refractivity contribution in [2.45, 2.75) is 52.8 Å². The summed E-state index contributed by atoms with van der Waals surface area (Å²) in [4.78, 5) is 16.2. The third kappa shape index (κ3) is 4.53. The molecule has 0 amide bonds. The standard InChI is InChI=1S/C22H23F3N4O3/c1-4-31-20(30)14-7-5-13(6-8-14)18-26-19(32-28-18)17-15-9-10-21(2,3)11-16(15)29(27-17)12-22(23,24)25/h5-8H,4,9-12H2,1-3H3. The first-order valence-electron chi connectivity index (χ1n) is 10.3. The molecule has 2 heterocycles. The molecule has 1 aromatic carbocycles. The van der Waals surface area contributed by atoms with Crippen LogP contribution in [0.3, 0.4) is 0 Å². The van der Waals surface area contributed by atoms with Crippen molar-refractivity contribution >= 4 is 5.97 Å². The molecule has 0 saturated heterocycles. The molecule has 0 N–H and O–H groups in total. The van der Waals surface area contributed by atoms with E-state index in [-0.39, 0.29) is 23.7 Å². The molecule has 0 spiro atoms. The lowest BCUT2D eigenvalue weighted by molar-refractivity contribution is -0.143. The SMILES string of the molecule is CCOC(=O)c1ccc(-c2noc(-c3nn(CC(F)(F)F)c4c3CCC(C)(C)C4)n2)cc1. The highest BCUT2D eigenvalue weighted by Crippen LogP contribution is 2.39. The lowest BCUT2D eigenvalue weighted by Crippen LogP contribution is -2.27. The summed E-state index contributed by atoms with van der Waals surface area (Å²) in [5, 5.41) is 8.18. The minimum Gasteiger partial charge on any atom is -0.462 e. The second-order valence-corrected chi connectivity index (χ2v) is 8.61. The van der Waals surface area contributed by atoms with Crippen molar-refractivity contribution in [1.82, 2.24) is 19.9 Å². The van der Waals surface area contributed by atoms with Crippen LogP contribution in [0.5, 0.6) is 0 Å². The summed E-state index contributed by atoms with van der Waals surface area (Å²) in [6.45, 7) is 4.90. The summed E-state index contributed by atoms with van der Waals surface area (Å²) in [5.41, 5.74) is 2.45. The van der Waals surface area contributed by atoms with Crippen molar-refractivity contribution < 1.29 is 27.2 Å². The van der Waals surface area contributed by atoms with Crippen LogP contribution in [0.2, 0.25) is 0 Å². The highest BCUT2D eigenvalue weighted by atomic mass is 19.4. The Morgan fingerprint density at radius 3 is 2.62 bits per heavy atom. The Kier molecular flexibility index (Phi) is 5.56. The molecule has 10 heteroatoms. The number of aromatic nitrogens is 4. The smallest absolute Gasteiger partial charge is 0.408 e. The predicted molar refractivity (Wildman–Crippen MR) is 109 cm³/mol. The molecule has 2 aromatic heterocycles. The molecule has 0 fully saturated rings. The van der Waals surface area contributed by atoms with E-state index in [1.807, 2.05) is 13.8 Å². The Hall–Kier alpha value is -3.17. The maximum absolute atomic E-state index is 13.1. The number of halogens is 3. The van der Waals surface area contributed by atoms with Crippen molar-refractivity contribution in [3.05, 3.63) is 41.1 Å². The number of rotatable bonds is 5. The highest BCUT2D eigenvalue weighted by Gasteiger charge is 2.36. The lowest BCUT2D eigenvalue weighted by Gasteiger charge is -2.30. The number of alkyl halides is 3. The number of benzene rings is 1. The summed E-state index contributed by atoms with van der Waals surface area (Å²) in [7, 11) is 0. The molecule has 0 atom stereocenters. The molecule has 1 aliphatic rings. The Morgan fingerprint density at radius 1 is 1.25 bits per heavy atom. The molecule has 0 unspecified atom stereocenters. The largest absolute Gasteiger partial charge is 0.462 e. The van der Waals surface area contributed by atoms with E-state index >= 15 is 0 Å². The lowest BCUT2D eigenvalue weighted by atomic mass is 9.76. The first-order valence-corrected chi connectivity index (χ1v) is 10.3. The zero-order valence-electron chi connectivity index (χ0n) is 18.0. The quantitative estimate of drug-likeness (QED) is 0.519. The van der Waals surface area contributed by atoms with Gasteiger partial charge in [-0.3, -0.25) is 4.68 Å². The van der Waals surface area contributed by atoms with E-state index in [1.54, 1.807) is 31.2 Å². The molecule has 4 rings (SSSR count). The van der Waals surface area contributed by atoms with Crippen LogP contribution in [0, 0.1) is 5.41 Å². The van der Waals surface area contributed by atoms with Crippen LogP contribution in [-0.2, 0) is 24.1 Å². The predicted octanol–water partition coefficient (Wildman–Crippen LogP) is 4.85. The van der Waals surface area contributed by atoms with E-state index in [2.05, 4.69) is 15.2 Å². The molecule has 170 valence electrons. The molecule has 3 aromatic rings. The van der Waals surface area contributed by atoms with E-state index in [9.17, 15) is 18.0 Å². The van der Waals surface area contributed by atoms with Gasteiger partial charge in [0.2, 0.25) is 5.82 Å². The van der Waals surface area contributed by atoms with Gasteiger partial charge in [0.05, 0.1) is 12.2 Å². The third-order valence-corrected chi connectivity index (χ3v) is 5.48. The van der Waals surface area contributed by atoms with Crippen LogP contribution >= 0.6 is 0 Å². The van der Waals surface area contributed by atoms with E-state index in [0.29, 0.717) is 35.4 Å². The monoisotopic (exact) mass is 448 g/mol. The van der Waals surface area contributed by atoms with Gasteiger partial charge in [0.15, 0.2) is 5.69 Å². The molecule has 32 heavy (non-hydrogen) atoms. The molecule has 0 bridgehead atoms. The van der Waals surface area contributed by atoms with Gasteiger partial charge < -0.3 is 9.26 Å². The fourth-order valence-electron chi connectivity index (χ4n) is 3.88. The second kappa shape index (κ2) is 8.07. The Balaban J connectivity index is 1.66. The molecule has 7 nitrogen and oxygen atoms in total. The van der Waals surface area contributed by atoms with Gasteiger partial charge in [-0.15, -0.1) is 0 Å². The summed E-state index contributed by atoms with van der Waals surface area (Å²) >= 11 is 0. The number of carbonyl (C=O) groups excluding carboxylic acids is 1. The maximum atomic E-state index is 13.1. The van der Waals surface area contributed by atoms with Gasteiger partial charge in [-0.05, 0) is 43.7 Å². The first-order chi connectivity index (χ1) is 15.1. The summed E-state index contributed by atoms with van der Waals surface area (Å²) in [6, 6.07) is 6.49. The first kappa shape index (κ1) is 22.0. The number of fused-ring (bicyclic) bond motifs is 1. The zero-order valence-corrected chi connectivity index (χ0v) is 18.0. The summed E-state index contributed by atoms with van der Waals surface area (Å²) in [5.74, 6) is -0.102. The topological polar surface area (TPSA) is 83.0 Å². The van der Waals surface area contributed by atoms with E-state index in [0.717, 1.165) is 16.7 Å². The molecular weight excluding hydrogens is 425 g/mol. The Labute approximate surface area is 182 Å². The van der Waals surface area contributed by atoms with Crippen LogP contribution in [0.4, 0.5) is 13.2 Å². The van der Waals surface area contributed by atoms with Gasteiger partial charge >= 0.3 is 12.1 Å². The van der Waals surface area contributed by atoms with Gasteiger partial charge in [0.1, 0.15) is 6.54 Å². The van der Waals surface area contributed by atoms with Crippen LogP contribution < -0.4 is 0 Å². The normalized spacial score (nSPS) is 15.4.